The minimum absolute atomic E-state index is 0. The van der Waals surface area contributed by atoms with Crippen LogP contribution >= 0.6 is 0 Å². The zero-order chi connectivity index (χ0) is 26.1. The Kier molecular flexibility index (Phi) is 41.3. The van der Waals surface area contributed by atoms with Crippen LogP contribution in [0.1, 0.15) is 84.5 Å². The van der Waals surface area contributed by atoms with Gasteiger partial charge in [0.1, 0.15) is 0 Å². The molecule has 8 heteroatoms. The highest BCUT2D eigenvalue weighted by molar-refractivity contribution is 5.82. The maximum absolute atomic E-state index is 8.35. The summed E-state index contributed by atoms with van der Waals surface area (Å²) in [5, 5.41) is 24.2. The van der Waals surface area contributed by atoms with Crippen LogP contribution in [-0.2, 0) is 19.2 Å². The van der Waals surface area contributed by atoms with E-state index in [0.717, 1.165) is 24.3 Å². The van der Waals surface area contributed by atoms with Crippen molar-refractivity contribution in [2.75, 3.05) is 0 Å². The van der Waals surface area contributed by atoms with Gasteiger partial charge in [-0.25, -0.2) is 40.8 Å². The van der Waals surface area contributed by atoms with Gasteiger partial charge in [-0.05, 0) is 10.8 Å². The van der Waals surface area contributed by atoms with Crippen LogP contribution in [0.25, 0.3) is 10.8 Å². The molecule has 8 nitrogen and oxygen atoms in total. The van der Waals surface area contributed by atoms with Crippen molar-refractivity contribution in [3.63, 3.8) is 0 Å². The molecule has 0 spiro atoms. The molecule has 0 atom stereocenters. The third kappa shape index (κ3) is 35.0. The van der Waals surface area contributed by atoms with E-state index in [1.54, 1.807) is 0 Å². The molecule has 35 heavy (non-hydrogen) atoms. The molecule has 0 radical (unpaired) electrons. The molecule has 0 amide bonds. The number of fused-ring (bicyclic) bond motifs is 1. The SMILES string of the molecule is C.C1CCCCC1.C1CCCCC1.N=C=O.N=C=O.N=C=O.N=C=O.c1ccc2ccccc2c1. The Morgan fingerprint density at radius 2 is 0.514 bits per heavy atom. The first-order valence-electron chi connectivity index (χ1n) is 11.2. The topological polar surface area (TPSA) is 164 Å². The summed E-state index contributed by atoms with van der Waals surface area (Å²) in [5.41, 5.74) is 0. The molecule has 2 fully saturated rings. The van der Waals surface area contributed by atoms with Crippen molar-refractivity contribution in [2.45, 2.75) is 84.5 Å². The maximum atomic E-state index is 8.35. The first-order chi connectivity index (χ1) is 16.6. The summed E-state index contributed by atoms with van der Waals surface area (Å²) >= 11 is 0. The largest absolute Gasteiger partial charge is 0.231 e. The molecular weight excluding hydrogens is 444 g/mol. The number of benzene rings is 2. The van der Waals surface area contributed by atoms with Crippen LogP contribution in [0.2, 0.25) is 0 Å². The molecule has 4 N–H and O–H groups in total. The number of carbonyl (C=O) groups excluding carboxylic acids is 4. The molecule has 2 aliphatic rings. The minimum Gasteiger partial charge on any atom is -0.222 e. The zero-order valence-electron chi connectivity index (χ0n) is 19.7. The average Bonchev–Trinajstić information content (AvgIpc) is 2.89. The van der Waals surface area contributed by atoms with Crippen LogP contribution in [0.15, 0.2) is 48.5 Å². The molecule has 0 heterocycles. The van der Waals surface area contributed by atoms with Crippen molar-refractivity contribution >= 4 is 35.1 Å². The Morgan fingerprint density at radius 1 is 0.400 bits per heavy atom. The van der Waals surface area contributed by atoms with Gasteiger partial charge in [-0.1, -0.05) is 133 Å². The molecule has 2 aromatic rings. The highest BCUT2D eigenvalue weighted by atomic mass is 16.1. The van der Waals surface area contributed by atoms with Gasteiger partial charge in [-0.2, -0.15) is 0 Å². The summed E-state index contributed by atoms with van der Waals surface area (Å²) in [6.07, 6.45) is 21.0. The molecule has 2 aliphatic carbocycles. The summed E-state index contributed by atoms with van der Waals surface area (Å²) in [6.45, 7) is 0. The maximum Gasteiger partial charge on any atom is 0.231 e. The number of isocyanates is 4. The number of hydrogen-bond acceptors (Lipinski definition) is 8. The van der Waals surface area contributed by atoms with E-state index in [1.807, 2.05) is 0 Å². The Hall–Kier alpha value is -3.78. The summed E-state index contributed by atoms with van der Waals surface area (Å²) in [5.74, 6) is 0. The third-order valence-electron chi connectivity index (χ3n) is 4.66. The van der Waals surface area contributed by atoms with Crippen LogP contribution in [0.4, 0.5) is 0 Å². The number of hydrogen-bond donors (Lipinski definition) is 4. The highest BCUT2D eigenvalue weighted by Crippen LogP contribution is 2.16. The predicted octanol–water partition coefficient (Wildman–Crippen LogP) is 7.76. The van der Waals surface area contributed by atoms with E-state index in [1.165, 1.54) is 87.8 Å². The van der Waals surface area contributed by atoms with Gasteiger partial charge in [0, 0.05) is 0 Å². The minimum atomic E-state index is 0. The zero-order valence-corrected chi connectivity index (χ0v) is 19.7. The van der Waals surface area contributed by atoms with Gasteiger partial charge in [0.2, 0.25) is 24.3 Å². The summed E-state index contributed by atoms with van der Waals surface area (Å²) < 4.78 is 0. The van der Waals surface area contributed by atoms with Crippen molar-refractivity contribution < 1.29 is 19.2 Å². The second-order valence-corrected chi connectivity index (χ2v) is 7.00. The van der Waals surface area contributed by atoms with Gasteiger partial charge in [-0.15, -0.1) is 0 Å². The number of rotatable bonds is 0. The van der Waals surface area contributed by atoms with Crippen molar-refractivity contribution in [2.24, 2.45) is 0 Å². The molecular formula is C27H40N4O4. The van der Waals surface area contributed by atoms with E-state index in [4.69, 9.17) is 40.8 Å². The van der Waals surface area contributed by atoms with E-state index in [2.05, 4.69) is 48.5 Å². The molecule has 2 saturated carbocycles. The first-order valence-corrected chi connectivity index (χ1v) is 11.2. The first kappa shape index (κ1) is 38.5. The molecule has 4 rings (SSSR count). The Morgan fingerprint density at radius 3 is 0.629 bits per heavy atom. The van der Waals surface area contributed by atoms with Gasteiger partial charge < -0.3 is 0 Å². The van der Waals surface area contributed by atoms with Crippen molar-refractivity contribution in [3.05, 3.63) is 48.5 Å². The van der Waals surface area contributed by atoms with E-state index in [0.29, 0.717) is 0 Å². The summed E-state index contributed by atoms with van der Waals surface area (Å²) in [6, 6.07) is 16.7. The van der Waals surface area contributed by atoms with Crippen LogP contribution in [0.3, 0.4) is 0 Å². The lowest BCUT2D eigenvalue weighted by atomic mass is 10.0. The summed E-state index contributed by atoms with van der Waals surface area (Å²) in [4.78, 5) is 33.4. The molecule has 0 aromatic heterocycles. The van der Waals surface area contributed by atoms with Gasteiger partial charge in [0.25, 0.3) is 0 Å². The molecule has 0 saturated heterocycles. The molecule has 192 valence electrons. The number of nitrogens with one attached hydrogen (secondary N) is 4. The van der Waals surface area contributed by atoms with Crippen molar-refractivity contribution in [1.82, 2.24) is 0 Å². The van der Waals surface area contributed by atoms with Gasteiger partial charge in [0.15, 0.2) is 0 Å². The van der Waals surface area contributed by atoms with Crippen LogP contribution in [0.5, 0.6) is 0 Å². The van der Waals surface area contributed by atoms with Gasteiger partial charge in [0.05, 0.1) is 0 Å². The monoisotopic (exact) mass is 484 g/mol. The standard InChI is InChI=1S/C10H8.2C6H12.4CHNO.CH4/c1-2-6-10-8-4-3-7-9(10)5-1;2*1-2-4-6-5-3-1;4*2-1-3;/h1-8H;2*1-6H2;4*2H;1H4. The highest BCUT2D eigenvalue weighted by Gasteiger charge is 1.96. The fourth-order valence-electron chi connectivity index (χ4n) is 3.25. The van der Waals surface area contributed by atoms with E-state index in [-0.39, 0.29) is 7.43 Å². The Bertz CT molecular complexity index is 691. The van der Waals surface area contributed by atoms with Gasteiger partial charge >= 0.3 is 0 Å². The molecule has 2 aromatic carbocycles. The fourth-order valence-corrected chi connectivity index (χ4v) is 3.25. The molecule has 0 unspecified atom stereocenters. The van der Waals surface area contributed by atoms with Crippen LogP contribution in [0, 0.1) is 21.6 Å². The van der Waals surface area contributed by atoms with Gasteiger partial charge in [-0.3, -0.25) is 0 Å². The lowest BCUT2D eigenvalue weighted by Crippen LogP contribution is -1.85. The van der Waals surface area contributed by atoms with Crippen LogP contribution < -0.4 is 0 Å². The second kappa shape index (κ2) is 37.5. The molecule has 0 aliphatic heterocycles. The smallest absolute Gasteiger partial charge is 0.222 e. The van der Waals surface area contributed by atoms with E-state index >= 15 is 0 Å². The van der Waals surface area contributed by atoms with Crippen molar-refractivity contribution in [3.8, 4) is 0 Å². The Labute approximate surface area is 209 Å². The molecule has 0 bridgehead atoms. The fraction of sp³-hybridized carbons (Fsp3) is 0.481. The normalized spacial score (nSPS) is 12.0. The lowest BCUT2D eigenvalue weighted by molar-refractivity contribution is 0.504. The average molecular weight is 485 g/mol. The summed E-state index contributed by atoms with van der Waals surface area (Å²) in [7, 11) is 0. The van der Waals surface area contributed by atoms with E-state index in [9.17, 15) is 0 Å². The van der Waals surface area contributed by atoms with E-state index < -0.39 is 0 Å². The Balaban J connectivity index is -0.000000171. The third-order valence-corrected chi connectivity index (χ3v) is 4.66. The predicted molar refractivity (Wildman–Crippen MR) is 140 cm³/mol. The second-order valence-electron chi connectivity index (χ2n) is 7.00. The lowest BCUT2D eigenvalue weighted by Gasteiger charge is -2.05. The van der Waals surface area contributed by atoms with Crippen molar-refractivity contribution in [1.29, 1.82) is 21.6 Å². The quantitative estimate of drug-likeness (QED) is 0.222. The van der Waals surface area contributed by atoms with Crippen LogP contribution in [-0.4, -0.2) is 24.3 Å².